The Morgan fingerprint density at radius 3 is 2.48 bits per heavy atom. The lowest BCUT2D eigenvalue weighted by Crippen LogP contribution is -2.21. The van der Waals surface area contributed by atoms with Crippen molar-refractivity contribution in [2.75, 3.05) is 6.61 Å². The van der Waals surface area contributed by atoms with Crippen molar-refractivity contribution in [2.24, 2.45) is 0 Å². The molecule has 0 bridgehead atoms. The summed E-state index contributed by atoms with van der Waals surface area (Å²) in [4.78, 5) is 4.28. The van der Waals surface area contributed by atoms with Crippen LogP contribution in [-0.4, -0.2) is 17.6 Å². The highest BCUT2D eigenvalue weighted by molar-refractivity contribution is 5.22. The van der Waals surface area contributed by atoms with Crippen LogP contribution in [0.15, 0.2) is 48.7 Å². The third-order valence-electron chi connectivity index (χ3n) is 3.23. The molecule has 21 heavy (non-hydrogen) atoms. The number of pyridine rings is 1. The predicted octanol–water partition coefficient (Wildman–Crippen LogP) is 3.34. The van der Waals surface area contributed by atoms with E-state index >= 15 is 0 Å². The highest BCUT2D eigenvalue weighted by Gasteiger charge is 1.98. The van der Waals surface area contributed by atoms with Crippen molar-refractivity contribution >= 4 is 0 Å². The molecule has 3 heteroatoms. The van der Waals surface area contributed by atoms with Gasteiger partial charge in [0.15, 0.2) is 0 Å². The lowest BCUT2D eigenvalue weighted by Gasteiger charge is -2.09. The minimum absolute atomic E-state index is 0.514. The molecule has 0 radical (unpaired) electrons. The molecule has 112 valence electrons. The van der Waals surface area contributed by atoms with Crippen LogP contribution in [0.25, 0.3) is 0 Å². The van der Waals surface area contributed by atoms with Crippen molar-refractivity contribution in [3.05, 3.63) is 65.5 Å². The van der Waals surface area contributed by atoms with Crippen LogP contribution in [0, 0.1) is 0 Å². The van der Waals surface area contributed by atoms with E-state index in [0.717, 1.165) is 18.7 Å². The summed E-state index contributed by atoms with van der Waals surface area (Å²) in [5.74, 6) is 0. The maximum Gasteiger partial charge on any atom is 0.0717 e. The molecule has 0 spiro atoms. The van der Waals surface area contributed by atoms with Gasteiger partial charge in [0.05, 0.1) is 13.2 Å². The average Bonchev–Trinajstić information content (AvgIpc) is 2.52. The molecule has 3 nitrogen and oxygen atoms in total. The van der Waals surface area contributed by atoms with E-state index in [1.807, 2.05) is 24.4 Å². The summed E-state index contributed by atoms with van der Waals surface area (Å²) in [6.45, 7) is 6.59. The second-order valence-corrected chi connectivity index (χ2v) is 5.48. The summed E-state index contributed by atoms with van der Waals surface area (Å²) in [6, 6.07) is 15.1. The van der Waals surface area contributed by atoms with Gasteiger partial charge in [-0.05, 0) is 23.3 Å². The lowest BCUT2D eigenvalue weighted by molar-refractivity contribution is 0.123. The smallest absolute Gasteiger partial charge is 0.0717 e. The molecular weight excluding hydrogens is 260 g/mol. The lowest BCUT2D eigenvalue weighted by atomic mass is 10.1. The molecule has 1 aromatic heterocycles. The number of ether oxygens (including phenoxy) is 1. The van der Waals surface area contributed by atoms with Gasteiger partial charge in [0, 0.05) is 30.9 Å². The molecule has 2 aromatic rings. The number of rotatable bonds is 8. The molecule has 0 atom stereocenters. The minimum atomic E-state index is 0.514. The van der Waals surface area contributed by atoms with Gasteiger partial charge in [-0.25, -0.2) is 0 Å². The summed E-state index contributed by atoms with van der Waals surface area (Å²) in [5, 5.41) is 3.41. The normalized spacial score (nSPS) is 11.0. The van der Waals surface area contributed by atoms with Crippen LogP contribution in [0.4, 0.5) is 0 Å². The van der Waals surface area contributed by atoms with Crippen molar-refractivity contribution in [3.8, 4) is 0 Å². The Morgan fingerprint density at radius 1 is 1.05 bits per heavy atom. The number of aromatic nitrogens is 1. The van der Waals surface area contributed by atoms with Gasteiger partial charge in [-0.3, -0.25) is 4.98 Å². The standard InChI is InChI=1S/C18H24N2O/c1-15(2)20-13-16-6-8-17(9-7-16)14-21-12-10-18-5-3-4-11-19-18/h3-9,11,15,20H,10,12-14H2,1-2H3. The van der Waals surface area contributed by atoms with E-state index in [0.29, 0.717) is 19.3 Å². The van der Waals surface area contributed by atoms with Crippen molar-refractivity contribution in [3.63, 3.8) is 0 Å². The second kappa shape index (κ2) is 8.55. The van der Waals surface area contributed by atoms with Crippen molar-refractivity contribution in [1.29, 1.82) is 0 Å². The van der Waals surface area contributed by atoms with Crippen LogP contribution in [-0.2, 0) is 24.3 Å². The molecule has 0 unspecified atom stereocenters. The molecule has 0 aliphatic heterocycles. The molecule has 1 N–H and O–H groups in total. The van der Waals surface area contributed by atoms with E-state index in [1.54, 1.807) is 0 Å². The van der Waals surface area contributed by atoms with Crippen molar-refractivity contribution in [1.82, 2.24) is 10.3 Å². The number of nitrogens with one attached hydrogen (secondary N) is 1. The third kappa shape index (κ3) is 6.06. The minimum Gasteiger partial charge on any atom is -0.376 e. The first kappa shape index (κ1) is 15.7. The third-order valence-corrected chi connectivity index (χ3v) is 3.23. The van der Waals surface area contributed by atoms with Crippen LogP contribution in [0.5, 0.6) is 0 Å². The summed E-state index contributed by atoms with van der Waals surface area (Å²) in [6.07, 6.45) is 2.68. The van der Waals surface area contributed by atoms with Crippen LogP contribution >= 0.6 is 0 Å². The maximum atomic E-state index is 5.71. The summed E-state index contributed by atoms with van der Waals surface area (Å²) >= 11 is 0. The Hall–Kier alpha value is -1.71. The number of nitrogens with zero attached hydrogens (tertiary/aromatic N) is 1. The highest BCUT2D eigenvalue weighted by atomic mass is 16.5. The zero-order valence-corrected chi connectivity index (χ0v) is 12.9. The van der Waals surface area contributed by atoms with Crippen LogP contribution in [0.2, 0.25) is 0 Å². The molecule has 0 aliphatic rings. The molecule has 0 saturated carbocycles. The first-order valence-electron chi connectivity index (χ1n) is 7.53. The fraction of sp³-hybridized carbons (Fsp3) is 0.389. The van der Waals surface area contributed by atoms with Gasteiger partial charge in [0.25, 0.3) is 0 Å². The van der Waals surface area contributed by atoms with Gasteiger partial charge in [-0.1, -0.05) is 44.2 Å². The monoisotopic (exact) mass is 284 g/mol. The van der Waals surface area contributed by atoms with Gasteiger partial charge in [-0.15, -0.1) is 0 Å². The van der Waals surface area contributed by atoms with E-state index in [9.17, 15) is 0 Å². The number of hydrogen-bond acceptors (Lipinski definition) is 3. The van der Waals surface area contributed by atoms with Crippen LogP contribution < -0.4 is 5.32 Å². The molecular formula is C18H24N2O. The Bertz CT molecular complexity index is 509. The fourth-order valence-corrected chi connectivity index (χ4v) is 1.99. The largest absolute Gasteiger partial charge is 0.376 e. The summed E-state index contributed by atoms with van der Waals surface area (Å²) < 4.78 is 5.71. The summed E-state index contributed by atoms with van der Waals surface area (Å²) in [5.41, 5.74) is 3.60. The Labute approximate surface area is 127 Å². The average molecular weight is 284 g/mol. The van der Waals surface area contributed by atoms with E-state index in [4.69, 9.17) is 4.74 Å². The summed E-state index contributed by atoms with van der Waals surface area (Å²) in [7, 11) is 0. The van der Waals surface area contributed by atoms with Gasteiger partial charge in [0.1, 0.15) is 0 Å². The molecule has 0 amide bonds. The quantitative estimate of drug-likeness (QED) is 0.755. The Morgan fingerprint density at radius 2 is 1.81 bits per heavy atom. The molecule has 0 aliphatic carbocycles. The second-order valence-electron chi connectivity index (χ2n) is 5.48. The highest BCUT2D eigenvalue weighted by Crippen LogP contribution is 2.06. The SMILES string of the molecule is CC(C)NCc1ccc(COCCc2ccccn2)cc1. The Balaban J connectivity index is 1.69. The predicted molar refractivity (Wildman–Crippen MR) is 86.0 cm³/mol. The van der Waals surface area contributed by atoms with Crippen LogP contribution in [0.1, 0.15) is 30.7 Å². The van der Waals surface area contributed by atoms with Crippen molar-refractivity contribution in [2.45, 2.75) is 39.5 Å². The first-order chi connectivity index (χ1) is 10.2. The maximum absolute atomic E-state index is 5.71. The number of hydrogen-bond donors (Lipinski definition) is 1. The van der Waals surface area contributed by atoms with Crippen LogP contribution in [0.3, 0.4) is 0 Å². The molecule has 2 rings (SSSR count). The Kier molecular flexibility index (Phi) is 6.38. The van der Waals surface area contributed by atoms with Gasteiger partial charge in [-0.2, -0.15) is 0 Å². The fourth-order valence-electron chi connectivity index (χ4n) is 1.99. The van der Waals surface area contributed by atoms with E-state index < -0.39 is 0 Å². The topological polar surface area (TPSA) is 34.1 Å². The van der Waals surface area contributed by atoms with Gasteiger partial charge >= 0.3 is 0 Å². The van der Waals surface area contributed by atoms with Gasteiger partial charge < -0.3 is 10.1 Å². The molecule has 0 saturated heterocycles. The van der Waals surface area contributed by atoms with Crippen molar-refractivity contribution < 1.29 is 4.74 Å². The zero-order chi connectivity index (χ0) is 14.9. The zero-order valence-electron chi connectivity index (χ0n) is 12.9. The first-order valence-corrected chi connectivity index (χ1v) is 7.53. The van der Waals surface area contributed by atoms with Gasteiger partial charge in [0.2, 0.25) is 0 Å². The number of benzene rings is 1. The molecule has 0 fully saturated rings. The molecule has 1 heterocycles. The molecule has 1 aromatic carbocycles. The van der Waals surface area contributed by atoms with E-state index in [2.05, 4.69) is 48.4 Å². The van der Waals surface area contributed by atoms with E-state index in [1.165, 1.54) is 11.1 Å². The van der Waals surface area contributed by atoms with E-state index in [-0.39, 0.29) is 0 Å².